The second kappa shape index (κ2) is 6.52. The maximum absolute atomic E-state index is 11.9. The largest absolute Gasteiger partial charge is 0.342 e. The molecule has 16 heavy (non-hydrogen) atoms. The first-order valence-corrected chi connectivity index (χ1v) is 6.00. The lowest BCUT2D eigenvalue weighted by Crippen LogP contribution is -2.33. The fraction of sp³-hybridized carbons (Fsp3) is 0.700. The second-order valence-electron chi connectivity index (χ2n) is 3.63. The molecule has 1 rings (SSSR count). The van der Waals surface area contributed by atoms with Crippen LogP contribution in [0.15, 0.2) is 5.16 Å². The summed E-state index contributed by atoms with van der Waals surface area (Å²) in [6.45, 7) is 5.72. The summed E-state index contributed by atoms with van der Waals surface area (Å²) in [7, 11) is 0. The van der Waals surface area contributed by atoms with Crippen molar-refractivity contribution < 1.29 is 4.79 Å². The topological polar surface area (TPSA) is 61.9 Å². The monoisotopic (exact) mass is 242 g/mol. The van der Waals surface area contributed by atoms with Gasteiger partial charge in [0.1, 0.15) is 0 Å². The third-order valence-electron chi connectivity index (χ3n) is 2.17. The van der Waals surface area contributed by atoms with Gasteiger partial charge in [-0.25, -0.2) is 4.98 Å². The Hall–Kier alpha value is -1.04. The molecule has 0 radical (unpaired) electrons. The lowest BCUT2D eigenvalue weighted by Gasteiger charge is -2.20. The van der Waals surface area contributed by atoms with Gasteiger partial charge in [-0.05, 0) is 12.8 Å². The highest BCUT2D eigenvalue weighted by Crippen LogP contribution is 2.02. The molecule has 0 saturated carbocycles. The maximum Gasteiger partial charge on any atom is 0.230 e. The standard InChI is InChI=1S/C10H18N4OS/c1-3-5-14(6-4-2)9(15)7-8-11-10(16)13-12-8/h3-7H2,1-2H3,(H2,11,12,13,16). The Morgan fingerprint density at radius 2 is 2.00 bits per heavy atom. The van der Waals surface area contributed by atoms with E-state index in [1.165, 1.54) is 0 Å². The molecular formula is C10H18N4OS. The number of rotatable bonds is 6. The Morgan fingerprint density at radius 3 is 2.44 bits per heavy atom. The van der Waals surface area contributed by atoms with Gasteiger partial charge in [0.05, 0.1) is 6.42 Å². The molecule has 1 heterocycles. The Labute approximate surface area is 101 Å². The predicted octanol–water partition coefficient (Wildman–Crippen LogP) is 1.28. The van der Waals surface area contributed by atoms with Crippen LogP contribution in [0.2, 0.25) is 0 Å². The van der Waals surface area contributed by atoms with Crippen LogP contribution >= 0.6 is 12.6 Å². The highest BCUT2D eigenvalue weighted by atomic mass is 32.1. The number of hydrogen-bond acceptors (Lipinski definition) is 4. The van der Waals surface area contributed by atoms with Gasteiger partial charge in [0.2, 0.25) is 5.91 Å². The van der Waals surface area contributed by atoms with E-state index < -0.39 is 0 Å². The van der Waals surface area contributed by atoms with Crippen molar-refractivity contribution in [2.24, 2.45) is 0 Å². The second-order valence-corrected chi connectivity index (χ2v) is 4.06. The molecule has 0 saturated heterocycles. The average Bonchev–Trinajstić information content (AvgIpc) is 2.63. The van der Waals surface area contributed by atoms with E-state index in [-0.39, 0.29) is 12.3 Å². The summed E-state index contributed by atoms with van der Waals surface area (Å²) in [5, 5.41) is 6.95. The van der Waals surface area contributed by atoms with Crippen LogP contribution in [0.3, 0.4) is 0 Å². The number of hydrogen-bond donors (Lipinski definition) is 2. The lowest BCUT2D eigenvalue weighted by atomic mass is 10.3. The first-order valence-electron chi connectivity index (χ1n) is 5.55. The van der Waals surface area contributed by atoms with Gasteiger partial charge in [-0.3, -0.25) is 9.89 Å². The minimum absolute atomic E-state index is 0.0797. The van der Waals surface area contributed by atoms with E-state index in [1.807, 2.05) is 4.90 Å². The molecule has 0 aliphatic rings. The van der Waals surface area contributed by atoms with Crippen molar-refractivity contribution >= 4 is 18.5 Å². The summed E-state index contributed by atoms with van der Waals surface area (Å²) < 4.78 is 0. The highest BCUT2D eigenvalue weighted by Gasteiger charge is 2.14. The van der Waals surface area contributed by atoms with Crippen molar-refractivity contribution in [2.45, 2.75) is 38.3 Å². The number of carbonyl (C=O) groups is 1. The summed E-state index contributed by atoms with van der Waals surface area (Å²) in [5.41, 5.74) is 0. The van der Waals surface area contributed by atoms with Crippen molar-refractivity contribution in [3.05, 3.63) is 5.82 Å². The third kappa shape index (κ3) is 3.84. The van der Waals surface area contributed by atoms with E-state index in [0.717, 1.165) is 25.9 Å². The van der Waals surface area contributed by atoms with E-state index in [0.29, 0.717) is 11.0 Å². The molecule has 1 amide bonds. The van der Waals surface area contributed by atoms with Crippen LogP contribution in [-0.2, 0) is 11.2 Å². The van der Waals surface area contributed by atoms with Gasteiger partial charge >= 0.3 is 0 Å². The Morgan fingerprint density at radius 1 is 1.38 bits per heavy atom. The number of amides is 1. The third-order valence-corrected chi connectivity index (χ3v) is 2.37. The number of H-pyrrole nitrogens is 1. The summed E-state index contributed by atoms with van der Waals surface area (Å²) in [6, 6.07) is 0. The zero-order valence-corrected chi connectivity index (χ0v) is 10.6. The summed E-state index contributed by atoms with van der Waals surface area (Å²) in [5.74, 6) is 0.586. The van der Waals surface area contributed by atoms with Crippen LogP contribution in [-0.4, -0.2) is 39.1 Å². The number of aromatic amines is 1. The fourth-order valence-corrected chi connectivity index (χ4v) is 1.68. The molecule has 0 aliphatic carbocycles. The highest BCUT2D eigenvalue weighted by molar-refractivity contribution is 7.80. The first-order chi connectivity index (χ1) is 7.67. The van der Waals surface area contributed by atoms with Crippen molar-refractivity contribution in [1.82, 2.24) is 20.1 Å². The first kappa shape index (κ1) is 13.0. The van der Waals surface area contributed by atoms with E-state index in [2.05, 4.69) is 41.7 Å². The normalized spacial score (nSPS) is 10.4. The molecule has 0 fully saturated rings. The molecule has 1 N–H and O–H groups in total. The minimum Gasteiger partial charge on any atom is -0.342 e. The van der Waals surface area contributed by atoms with Crippen LogP contribution in [0.25, 0.3) is 0 Å². The lowest BCUT2D eigenvalue weighted by molar-refractivity contribution is -0.130. The van der Waals surface area contributed by atoms with Crippen LogP contribution < -0.4 is 0 Å². The molecule has 0 spiro atoms. The Kier molecular flexibility index (Phi) is 5.31. The van der Waals surface area contributed by atoms with E-state index in [4.69, 9.17) is 0 Å². The average molecular weight is 242 g/mol. The smallest absolute Gasteiger partial charge is 0.230 e. The minimum atomic E-state index is 0.0797. The van der Waals surface area contributed by atoms with Crippen molar-refractivity contribution in [2.75, 3.05) is 13.1 Å². The number of thiol groups is 1. The molecule has 1 aromatic heterocycles. The molecule has 5 nitrogen and oxygen atoms in total. The maximum atomic E-state index is 11.9. The Balaban J connectivity index is 2.54. The number of nitrogens with zero attached hydrogens (tertiary/aromatic N) is 3. The fourth-order valence-electron chi connectivity index (χ4n) is 1.51. The summed E-state index contributed by atoms with van der Waals surface area (Å²) >= 11 is 4.01. The van der Waals surface area contributed by atoms with Crippen LogP contribution in [0.4, 0.5) is 0 Å². The van der Waals surface area contributed by atoms with Crippen molar-refractivity contribution in [1.29, 1.82) is 0 Å². The molecule has 0 aliphatic heterocycles. The number of nitrogens with one attached hydrogen (secondary N) is 1. The molecule has 0 unspecified atom stereocenters. The summed E-state index contributed by atoms with van der Waals surface area (Å²) in [4.78, 5) is 17.8. The number of carbonyl (C=O) groups excluding carboxylic acids is 1. The number of aromatic nitrogens is 3. The zero-order valence-electron chi connectivity index (χ0n) is 9.73. The van der Waals surface area contributed by atoms with Gasteiger partial charge in [0.15, 0.2) is 11.0 Å². The molecule has 0 aromatic carbocycles. The van der Waals surface area contributed by atoms with Gasteiger partial charge in [-0.1, -0.05) is 13.8 Å². The van der Waals surface area contributed by atoms with Gasteiger partial charge in [-0.15, -0.1) is 12.6 Å². The van der Waals surface area contributed by atoms with Crippen LogP contribution in [0.1, 0.15) is 32.5 Å². The molecule has 0 bridgehead atoms. The molecule has 6 heteroatoms. The van der Waals surface area contributed by atoms with Gasteiger partial charge in [0.25, 0.3) is 0 Å². The van der Waals surface area contributed by atoms with Crippen molar-refractivity contribution in [3.8, 4) is 0 Å². The molecular weight excluding hydrogens is 224 g/mol. The Bertz CT molecular complexity index is 333. The molecule has 0 atom stereocenters. The van der Waals surface area contributed by atoms with Gasteiger partial charge in [-0.2, -0.15) is 5.10 Å². The molecule has 1 aromatic rings. The van der Waals surface area contributed by atoms with E-state index >= 15 is 0 Å². The van der Waals surface area contributed by atoms with E-state index in [1.54, 1.807) is 0 Å². The van der Waals surface area contributed by atoms with E-state index in [9.17, 15) is 4.79 Å². The SMILES string of the molecule is CCCN(CCC)C(=O)Cc1n[nH]c(S)n1. The van der Waals surface area contributed by atoms with Gasteiger partial charge in [0, 0.05) is 13.1 Å². The van der Waals surface area contributed by atoms with Crippen LogP contribution in [0, 0.1) is 0 Å². The van der Waals surface area contributed by atoms with Crippen LogP contribution in [0.5, 0.6) is 0 Å². The zero-order chi connectivity index (χ0) is 12.0. The van der Waals surface area contributed by atoms with Crippen molar-refractivity contribution in [3.63, 3.8) is 0 Å². The van der Waals surface area contributed by atoms with Gasteiger partial charge < -0.3 is 4.90 Å². The summed E-state index contributed by atoms with van der Waals surface area (Å²) in [6.07, 6.45) is 2.19. The quantitative estimate of drug-likeness (QED) is 0.739. The predicted molar refractivity (Wildman–Crippen MR) is 64.5 cm³/mol. The molecule has 90 valence electrons.